The smallest absolute Gasteiger partial charge is 0.126 e. The van der Waals surface area contributed by atoms with Crippen molar-refractivity contribution >= 4 is 5.69 Å². The predicted octanol–water partition coefficient (Wildman–Crippen LogP) is 11.2. The summed E-state index contributed by atoms with van der Waals surface area (Å²) < 4.78 is 14.0. The van der Waals surface area contributed by atoms with E-state index in [1.165, 1.54) is 43.7 Å². The molecule has 0 bridgehead atoms. The van der Waals surface area contributed by atoms with Gasteiger partial charge in [-0.1, -0.05) is 121 Å². The zero-order valence-corrected chi connectivity index (χ0v) is 28.5. The van der Waals surface area contributed by atoms with Crippen molar-refractivity contribution in [2.75, 3.05) is 5.32 Å². The van der Waals surface area contributed by atoms with E-state index < -0.39 is 5.54 Å². The number of terminal acetylenes is 1. The summed E-state index contributed by atoms with van der Waals surface area (Å²) in [5.41, 5.74) is 5.49. The fourth-order valence-electron chi connectivity index (χ4n) is 6.73. The average molecular weight is 605 g/mol. The van der Waals surface area contributed by atoms with Crippen LogP contribution in [0.1, 0.15) is 109 Å². The van der Waals surface area contributed by atoms with Crippen LogP contribution >= 0.6 is 0 Å². The first-order valence-electron chi connectivity index (χ1n) is 16.9. The number of aryl methyl sites for hydroxylation is 1. The Kier molecular flexibility index (Phi) is 13.5. The Hall–Kier alpha value is -3.79. The molecule has 0 saturated heterocycles. The standard InChI is InChI=1S/C40H47FN2.C2H6/c1-7-25-39(6,31(5)42-37-23-24-38(41)30(4)28-37)43-40(26-8-2,27-13-17-33-14-10-11-15-33)36-21-19-34(20-22-36)35-18-12-16-32(9-3)29-35;1-2/h3,12,16,18-24,28-29,33,42-43H,5,8,10-11,13-15,17,26-27H2,1-2,4,6H3;1-2H3. The second kappa shape index (κ2) is 17.1. The van der Waals surface area contributed by atoms with E-state index in [-0.39, 0.29) is 11.4 Å². The average Bonchev–Trinajstić information content (AvgIpc) is 3.57. The lowest BCUT2D eigenvalue weighted by molar-refractivity contribution is 0.229. The lowest BCUT2D eigenvalue weighted by atomic mass is 9.77. The Balaban J connectivity index is 0.00000271. The lowest BCUT2D eigenvalue weighted by Crippen LogP contribution is -2.56. The summed E-state index contributed by atoms with van der Waals surface area (Å²) in [6.45, 7) is 16.5. The second-order valence-electron chi connectivity index (χ2n) is 12.4. The van der Waals surface area contributed by atoms with Crippen LogP contribution in [0.25, 0.3) is 11.1 Å². The van der Waals surface area contributed by atoms with Crippen LogP contribution in [-0.2, 0) is 5.54 Å². The molecule has 1 aliphatic carbocycles. The van der Waals surface area contributed by atoms with Gasteiger partial charge in [0, 0.05) is 22.5 Å². The number of nitrogens with one attached hydrogen (secondary N) is 2. The molecule has 0 amide bonds. The van der Waals surface area contributed by atoms with E-state index >= 15 is 0 Å². The minimum atomic E-state index is -0.737. The Morgan fingerprint density at radius 3 is 2.33 bits per heavy atom. The molecule has 4 rings (SSSR count). The van der Waals surface area contributed by atoms with E-state index in [0.29, 0.717) is 5.56 Å². The van der Waals surface area contributed by atoms with Gasteiger partial charge in [0.2, 0.25) is 0 Å². The number of benzene rings is 3. The second-order valence-corrected chi connectivity index (χ2v) is 12.4. The molecule has 0 spiro atoms. The fourth-order valence-corrected chi connectivity index (χ4v) is 6.73. The molecule has 1 fully saturated rings. The third-order valence-corrected chi connectivity index (χ3v) is 9.09. The van der Waals surface area contributed by atoms with Gasteiger partial charge >= 0.3 is 0 Å². The maximum absolute atomic E-state index is 14.0. The molecule has 2 nitrogen and oxygen atoms in total. The highest BCUT2D eigenvalue weighted by Gasteiger charge is 2.39. The zero-order chi connectivity index (χ0) is 32.9. The minimum Gasteiger partial charge on any atom is -0.357 e. The molecule has 1 saturated carbocycles. The van der Waals surface area contributed by atoms with Crippen molar-refractivity contribution < 1.29 is 4.39 Å². The molecule has 45 heavy (non-hydrogen) atoms. The Morgan fingerprint density at radius 1 is 1.00 bits per heavy atom. The molecule has 2 unspecified atom stereocenters. The van der Waals surface area contributed by atoms with Crippen LogP contribution in [0.4, 0.5) is 10.1 Å². The van der Waals surface area contributed by atoms with Gasteiger partial charge in [-0.3, -0.25) is 5.32 Å². The van der Waals surface area contributed by atoms with Crippen molar-refractivity contribution in [2.24, 2.45) is 5.92 Å². The van der Waals surface area contributed by atoms with Crippen LogP contribution in [-0.4, -0.2) is 5.54 Å². The van der Waals surface area contributed by atoms with Crippen molar-refractivity contribution in [2.45, 2.75) is 110 Å². The van der Waals surface area contributed by atoms with Crippen LogP contribution in [0.3, 0.4) is 0 Å². The van der Waals surface area contributed by atoms with Crippen LogP contribution in [0.15, 0.2) is 79.0 Å². The Bertz CT molecular complexity index is 1500. The van der Waals surface area contributed by atoms with Crippen molar-refractivity contribution in [3.63, 3.8) is 0 Å². The quantitative estimate of drug-likeness (QED) is 0.190. The predicted molar refractivity (Wildman–Crippen MR) is 192 cm³/mol. The minimum absolute atomic E-state index is 0.218. The number of halogens is 1. The molecular weight excluding hydrogens is 551 g/mol. The molecule has 0 aromatic heterocycles. The number of hydrogen-bond acceptors (Lipinski definition) is 2. The summed E-state index contributed by atoms with van der Waals surface area (Å²) in [7, 11) is 0. The highest BCUT2D eigenvalue weighted by Crippen LogP contribution is 2.39. The van der Waals surface area contributed by atoms with Gasteiger partial charge in [0.1, 0.15) is 11.4 Å². The lowest BCUT2D eigenvalue weighted by Gasteiger charge is -2.43. The molecule has 3 heteroatoms. The van der Waals surface area contributed by atoms with E-state index in [1.54, 1.807) is 13.0 Å². The number of hydrogen-bond donors (Lipinski definition) is 2. The van der Waals surface area contributed by atoms with Gasteiger partial charge in [-0.25, -0.2) is 4.39 Å². The van der Waals surface area contributed by atoms with E-state index in [9.17, 15) is 4.39 Å². The van der Waals surface area contributed by atoms with Crippen LogP contribution in [0.5, 0.6) is 0 Å². The van der Waals surface area contributed by atoms with Gasteiger partial charge in [-0.05, 0) is 92.1 Å². The van der Waals surface area contributed by atoms with E-state index in [2.05, 4.69) is 85.2 Å². The first kappa shape index (κ1) is 35.7. The Labute approximate surface area is 273 Å². The van der Waals surface area contributed by atoms with Gasteiger partial charge in [-0.15, -0.1) is 12.3 Å². The largest absolute Gasteiger partial charge is 0.357 e. The highest BCUT2D eigenvalue weighted by molar-refractivity contribution is 5.66. The summed E-state index contributed by atoms with van der Waals surface area (Å²) >= 11 is 0. The van der Waals surface area contributed by atoms with Gasteiger partial charge in [0.15, 0.2) is 0 Å². The monoisotopic (exact) mass is 604 g/mol. The van der Waals surface area contributed by atoms with Gasteiger partial charge < -0.3 is 5.32 Å². The first-order chi connectivity index (χ1) is 21.7. The molecule has 2 N–H and O–H groups in total. The maximum Gasteiger partial charge on any atom is 0.126 e. The first-order valence-corrected chi connectivity index (χ1v) is 16.9. The summed E-state index contributed by atoms with van der Waals surface area (Å²) in [5.74, 6) is 9.99. The topological polar surface area (TPSA) is 24.1 Å². The third-order valence-electron chi connectivity index (χ3n) is 9.09. The molecule has 238 valence electrons. The van der Waals surface area contributed by atoms with E-state index in [0.717, 1.165) is 59.7 Å². The highest BCUT2D eigenvalue weighted by atomic mass is 19.1. The SMILES string of the molecule is C#Cc1cccc(-c2ccc(C(CCC)(CCCC3CCCC3)NC(C)(C#CC)C(=C)Nc3ccc(F)c(C)c3)cc2)c1.CC. The normalized spacial score (nSPS) is 15.3. The van der Waals surface area contributed by atoms with Crippen molar-refractivity contribution in [1.29, 1.82) is 0 Å². The van der Waals surface area contributed by atoms with Crippen LogP contribution < -0.4 is 10.6 Å². The fraction of sp³-hybridized carbons (Fsp3) is 0.429. The van der Waals surface area contributed by atoms with Crippen molar-refractivity contribution in [3.8, 4) is 35.3 Å². The van der Waals surface area contributed by atoms with Crippen molar-refractivity contribution in [1.82, 2.24) is 5.32 Å². The van der Waals surface area contributed by atoms with Gasteiger partial charge in [0.25, 0.3) is 0 Å². The third kappa shape index (κ3) is 9.36. The van der Waals surface area contributed by atoms with Crippen LogP contribution in [0.2, 0.25) is 0 Å². The Morgan fingerprint density at radius 2 is 1.71 bits per heavy atom. The molecular formula is C42H53FN2. The molecule has 0 aliphatic heterocycles. The summed E-state index contributed by atoms with van der Waals surface area (Å²) in [5, 5.41) is 7.53. The zero-order valence-electron chi connectivity index (χ0n) is 28.5. The number of rotatable bonds is 13. The summed E-state index contributed by atoms with van der Waals surface area (Å²) in [6.07, 6.45) is 16.5. The molecule has 2 atom stereocenters. The molecule has 0 heterocycles. The molecule has 1 aliphatic rings. The van der Waals surface area contributed by atoms with E-state index in [4.69, 9.17) is 6.42 Å². The van der Waals surface area contributed by atoms with Gasteiger partial charge in [-0.2, -0.15) is 0 Å². The van der Waals surface area contributed by atoms with Crippen LogP contribution in [0, 0.1) is 42.8 Å². The maximum atomic E-state index is 14.0. The van der Waals surface area contributed by atoms with E-state index in [1.807, 2.05) is 39.0 Å². The molecule has 3 aromatic rings. The molecule has 0 radical (unpaired) electrons. The van der Waals surface area contributed by atoms with Gasteiger partial charge in [0.05, 0.1) is 0 Å². The number of anilines is 1. The van der Waals surface area contributed by atoms with Crippen molar-refractivity contribution in [3.05, 3.63) is 102 Å². The summed E-state index contributed by atoms with van der Waals surface area (Å²) in [4.78, 5) is 0. The molecule has 3 aromatic carbocycles. The summed E-state index contributed by atoms with van der Waals surface area (Å²) in [6, 6.07) is 22.2.